The molecule has 1 N–H and O–H groups in total. The minimum atomic E-state index is -3.88. The van der Waals surface area contributed by atoms with E-state index in [0.717, 1.165) is 18.5 Å². The highest BCUT2D eigenvalue weighted by molar-refractivity contribution is 7.92. The Balaban J connectivity index is 1.72. The van der Waals surface area contributed by atoms with Crippen LogP contribution in [0, 0.1) is 6.92 Å². The molecule has 0 unspecified atom stereocenters. The number of thiazole rings is 1. The highest BCUT2D eigenvalue weighted by atomic mass is 32.2. The van der Waals surface area contributed by atoms with Crippen LogP contribution in [0.5, 0.6) is 11.5 Å². The molecule has 1 aliphatic rings. The molecule has 3 heterocycles. The van der Waals surface area contributed by atoms with Gasteiger partial charge >= 0.3 is 0 Å². The van der Waals surface area contributed by atoms with E-state index in [0.29, 0.717) is 34.4 Å². The van der Waals surface area contributed by atoms with Gasteiger partial charge in [-0.15, -0.1) is 21.5 Å². The summed E-state index contributed by atoms with van der Waals surface area (Å²) in [6, 6.07) is 5.24. The molecule has 0 radical (unpaired) electrons. The van der Waals surface area contributed by atoms with Crippen molar-refractivity contribution in [3.05, 3.63) is 29.3 Å². The summed E-state index contributed by atoms with van der Waals surface area (Å²) in [6.45, 7) is 3.89. The number of carbonyl (C=O) groups is 1. The Bertz CT molecular complexity index is 1300. The number of amides is 1. The lowest BCUT2D eigenvalue weighted by molar-refractivity contribution is -0.135. The van der Waals surface area contributed by atoms with Crippen LogP contribution in [0.25, 0.3) is 16.5 Å². The molecule has 0 spiro atoms. The van der Waals surface area contributed by atoms with Gasteiger partial charge in [-0.25, -0.2) is 13.4 Å². The number of rotatable bonds is 9. The Morgan fingerprint density at radius 1 is 1.20 bits per heavy atom. The number of anilines is 1. The highest BCUT2D eigenvalue weighted by Crippen LogP contribution is 2.38. The SMILES string of the molecule is COc1cccc(OC)c1-n1c(NS(=O)(=O)CCN2C(=O)CCC[C@H]2C)nnc1-c1nc(C)cs1. The van der Waals surface area contributed by atoms with Crippen molar-refractivity contribution in [2.45, 2.75) is 39.2 Å². The molecule has 1 aromatic carbocycles. The number of benzene rings is 1. The third kappa shape index (κ3) is 5.25. The van der Waals surface area contributed by atoms with Crippen LogP contribution in [0.15, 0.2) is 23.6 Å². The van der Waals surface area contributed by atoms with Crippen molar-refractivity contribution in [2.75, 3.05) is 31.2 Å². The molecule has 11 nitrogen and oxygen atoms in total. The van der Waals surface area contributed by atoms with Crippen molar-refractivity contribution in [3.63, 3.8) is 0 Å². The smallest absolute Gasteiger partial charge is 0.243 e. The fraction of sp³-hybridized carbons (Fsp3) is 0.455. The third-order valence-corrected chi connectivity index (χ3v) is 7.98. The lowest BCUT2D eigenvalue weighted by Crippen LogP contribution is -2.44. The molecule has 1 atom stereocenters. The first-order valence-electron chi connectivity index (χ1n) is 11.1. The van der Waals surface area contributed by atoms with Gasteiger partial charge in [0.1, 0.15) is 17.2 Å². The van der Waals surface area contributed by atoms with Crippen molar-refractivity contribution >= 4 is 33.2 Å². The number of aromatic nitrogens is 4. The minimum Gasteiger partial charge on any atom is -0.494 e. The maximum atomic E-state index is 13.1. The zero-order chi connectivity index (χ0) is 25.2. The van der Waals surface area contributed by atoms with E-state index in [1.807, 2.05) is 19.2 Å². The molecular weight excluding hydrogens is 492 g/mol. The highest BCUT2D eigenvalue weighted by Gasteiger charge is 2.29. The second-order valence-electron chi connectivity index (χ2n) is 8.24. The second-order valence-corrected chi connectivity index (χ2v) is 10.9. The van der Waals surface area contributed by atoms with Gasteiger partial charge in [0.25, 0.3) is 0 Å². The summed E-state index contributed by atoms with van der Waals surface area (Å²) < 4.78 is 41.4. The average molecular weight is 521 g/mol. The van der Waals surface area contributed by atoms with Gasteiger partial charge in [-0.05, 0) is 38.8 Å². The quantitative estimate of drug-likeness (QED) is 0.456. The van der Waals surface area contributed by atoms with Crippen molar-refractivity contribution < 1.29 is 22.7 Å². The summed E-state index contributed by atoms with van der Waals surface area (Å²) in [4.78, 5) is 18.4. The lowest BCUT2D eigenvalue weighted by atomic mass is 10.0. The van der Waals surface area contributed by atoms with Crippen LogP contribution in [0.2, 0.25) is 0 Å². The summed E-state index contributed by atoms with van der Waals surface area (Å²) in [7, 11) is -0.859. The van der Waals surface area contributed by atoms with Gasteiger partial charge in [-0.1, -0.05) is 6.07 Å². The normalized spacial score (nSPS) is 16.4. The summed E-state index contributed by atoms with van der Waals surface area (Å²) in [5.74, 6) is 0.878. The number of aryl methyl sites for hydroxylation is 1. The molecule has 2 aromatic heterocycles. The van der Waals surface area contributed by atoms with Crippen LogP contribution in [0.1, 0.15) is 31.9 Å². The minimum absolute atomic E-state index is 0.00712. The van der Waals surface area contributed by atoms with E-state index in [2.05, 4.69) is 19.9 Å². The summed E-state index contributed by atoms with van der Waals surface area (Å²) in [5, 5.41) is 10.8. The van der Waals surface area contributed by atoms with E-state index < -0.39 is 10.0 Å². The molecule has 3 aromatic rings. The van der Waals surface area contributed by atoms with Crippen molar-refractivity contribution in [1.29, 1.82) is 0 Å². The second kappa shape index (κ2) is 10.2. The molecule has 1 saturated heterocycles. The van der Waals surface area contributed by atoms with E-state index in [9.17, 15) is 13.2 Å². The molecule has 35 heavy (non-hydrogen) atoms. The monoisotopic (exact) mass is 520 g/mol. The molecule has 4 rings (SSSR count). The van der Waals surface area contributed by atoms with Gasteiger partial charge < -0.3 is 14.4 Å². The molecule has 13 heteroatoms. The van der Waals surface area contributed by atoms with E-state index in [4.69, 9.17) is 9.47 Å². The number of methoxy groups -OCH3 is 2. The number of nitrogens with one attached hydrogen (secondary N) is 1. The van der Waals surface area contributed by atoms with Gasteiger partial charge in [0.2, 0.25) is 21.9 Å². The van der Waals surface area contributed by atoms with Crippen LogP contribution in [0.4, 0.5) is 5.95 Å². The Morgan fingerprint density at radius 3 is 2.51 bits per heavy atom. The van der Waals surface area contributed by atoms with Gasteiger partial charge in [-0.2, -0.15) is 0 Å². The molecule has 1 aliphatic heterocycles. The Hall–Kier alpha value is -3.19. The number of sulfonamides is 1. The molecule has 0 aliphatic carbocycles. The standard InChI is InChI=1S/C22H28N6O5S2/c1-14-13-34-21(23-14)20-24-25-22(28(20)19-16(32-3)8-6-9-17(19)33-4)26-35(30,31)12-11-27-15(2)7-5-10-18(27)29/h6,8-9,13,15H,5,7,10-12H2,1-4H3,(H,25,26)/t15-/m1/s1. The van der Waals surface area contributed by atoms with Crippen molar-refractivity contribution in [1.82, 2.24) is 24.6 Å². The van der Waals surface area contributed by atoms with Gasteiger partial charge in [-0.3, -0.25) is 14.1 Å². The number of likely N-dealkylation sites (tertiary alicyclic amines) is 1. The third-order valence-electron chi connectivity index (χ3n) is 5.81. The maximum absolute atomic E-state index is 13.1. The predicted molar refractivity (Wildman–Crippen MR) is 133 cm³/mol. The lowest BCUT2D eigenvalue weighted by Gasteiger charge is -2.33. The molecule has 1 amide bonds. The number of carbonyl (C=O) groups excluding carboxylic acids is 1. The molecule has 188 valence electrons. The maximum Gasteiger partial charge on any atom is 0.243 e. The number of nitrogens with zero attached hydrogens (tertiary/aromatic N) is 5. The zero-order valence-corrected chi connectivity index (χ0v) is 21.6. The number of hydrogen-bond donors (Lipinski definition) is 1. The summed E-state index contributed by atoms with van der Waals surface area (Å²) in [6.07, 6.45) is 2.12. The van der Waals surface area contributed by atoms with E-state index in [1.165, 1.54) is 30.1 Å². The van der Waals surface area contributed by atoms with Crippen LogP contribution in [-0.2, 0) is 14.8 Å². The Kier molecular flexibility index (Phi) is 7.26. The van der Waals surface area contributed by atoms with E-state index in [-0.39, 0.29) is 30.2 Å². The van der Waals surface area contributed by atoms with Gasteiger partial charge in [0, 0.05) is 30.1 Å². The number of piperidine rings is 1. The first-order chi connectivity index (χ1) is 16.7. The van der Waals surface area contributed by atoms with Crippen LogP contribution < -0.4 is 14.2 Å². The van der Waals surface area contributed by atoms with Crippen LogP contribution >= 0.6 is 11.3 Å². The van der Waals surface area contributed by atoms with Gasteiger partial charge in [0.15, 0.2) is 10.8 Å². The van der Waals surface area contributed by atoms with Gasteiger partial charge in [0.05, 0.1) is 20.0 Å². The van der Waals surface area contributed by atoms with E-state index in [1.54, 1.807) is 23.1 Å². The number of para-hydroxylation sites is 1. The predicted octanol–water partition coefficient (Wildman–Crippen LogP) is 2.86. The first kappa shape index (κ1) is 24.9. The fourth-order valence-corrected chi connectivity index (χ4v) is 5.78. The molecule has 0 saturated carbocycles. The molecule has 0 bridgehead atoms. The van der Waals surface area contributed by atoms with Crippen LogP contribution in [0.3, 0.4) is 0 Å². The zero-order valence-electron chi connectivity index (χ0n) is 20.0. The molecule has 1 fully saturated rings. The fourth-order valence-electron chi connectivity index (χ4n) is 4.06. The number of hydrogen-bond acceptors (Lipinski definition) is 9. The van der Waals surface area contributed by atoms with Crippen LogP contribution in [-0.4, -0.2) is 71.5 Å². The van der Waals surface area contributed by atoms with Crippen molar-refractivity contribution in [2.24, 2.45) is 0 Å². The first-order valence-corrected chi connectivity index (χ1v) is 13.7. The summed E-state index contributed by atoms with van der Waals surface area (Å²) >= 11 is 1.36. The Morgan fingerprint density at radius 2 is 1.91 bits per heavy atom. The molecular formula is C22H28N6O5S2. The summed E-state index contributed by atoms with van der Waals surface area (Å²) in [5.41, 5.74) is 1.23. The van der Waals surface area contributed by atoms with Crippen molar-refractivity contribution in [3.8, 4) is 28.0 Å². The largest absolute Gasteiger partial charge is 0.494 e. The average Bonchev–Trinajstić information content (AvgIpc) is 3.43. The topological polar surface area (TPSA) is 129 Å². The Labute approximate surface area is 208 Å². The number of ether oxygens (including phenoxy) is 2. The van der Waals surface area contributed by atoms with E-state index >= 15 is 0 Å².